The van der Waals surface area contributed by atoms with E-state index in [1.54, 1.807) is 0 Å². The van der Waals surface area contributed by atoms with Crippen LogP contribution in [0.4, 0.5) is 0 Å². The highest BCUT2D eigenvalue weighted by atomic mass is 16.2. The van der Waals surface area contributed by atoms with Crippen molar-refractivity contribution in [3.8, 4) is 0 Å². The highest BCUT2D eigenvalue weighted by Gasteiger charge is 2.16. The van der Waals surface area contributed by atoms with Gasteiger partial charge in [-0.3, -0.25) is 0 Å². The van der Waals surface area contributed by atoms with Gasteiger partial charge in [0.05, 0.1) is 0 Å². The summed E-state index contributed by atoms with van der Waals surface area (Å²) < 4.78 is 0. The van der Waals surface area contributed by atoms with Gasteiger partial charge in [-0.05, 0) is 19.8 Å². The van der Waals surface area contributed by atoms with Crippen LogP contribution < -0.4 is 0 Å². The van der Waals surface area contributed by atoms with E-state index in [2.05, 4.69) is 37.1 Å². The number of hydrogen-bond acceptors (Lipinski definition) is 2. The summed E-state index contributed by atoms with van der Waals surface area (Å²) in [5, 5.41) is 8.66. The molecule has 0 aromatic rings. The van der Waals surface area contributed by atoms with Gasteiger partial charge in [0.15, 0.2) is 0 Å². The Kier molecular flexibility index (Phi) is 8.11. The quantitative estimate of drug-likeness (QED) is 0.722. The lowest BCUT2D eigenvalue weighted by molar-refractivity contribution is 0.277. The molecule has 0 amide bonds. The van der Waals surface area contributed by atoms with Crippen molar-refractivity contribution in [1.29, 1.82) is 0 Å². The highest BCUT2D eigenvalue weighted by Crippen LogP contribution is 2.24. The lowest BCUT2D eigenvalue weighted by atomic mass is 10.1. The molecule has 1 heterocycles. The van der Waals surface area contributed by atoms with Gasteiger partial charge in [-0.1, -0.05) is 32.9 Å². The van der Waals surface area contributed by atoms with Crippen LogP contribution in [-0.2, 0) is 0 Å². The lowest BCUT2D eigenvalue weighted by Gasteiger charge is -2.20. The van der Waals surface area contributed by atoms with Crippen molar-refractivity contribution in [1.82, 2.24) is 4.90 Å². The standard InChI is InChI=1S/C11H19NO.C2H6/c1-3-11-10(2)6-8-12(11)7-4-5-9-13;1-2/h3,6,8,10,13H,4-5,7,9H2,1-2H3;1-2H3/b11-3+;. The van der Waals surface area contributed by atoms with Crippen molar-refractivity contribution in [3.05, 3.63) is 24.0 Å². The van der Waals surface area contributed by atoms with E-state index in [4.69, 9.17) is 5.11 Å². The van der Waals surface area contributed by atoms with Crippen LogP contribution >= 0.6 is 0 Å². The van der Waals surface area contributed by atoms with Crippen molar-refractivity contribution in [2.45, 2.75) is 40.5 Å². The third kappa shape index (κ3) is 4.52. The van der Waals surface area contributed by atoms with Crippen LogP contribution in [0.25, 0.3) is 0 Å². The molecule has 0 saturated heterocycles. The molecular formula is C13H25NO. The van der Waals surface area contributed by atoms with Crippen LogP contribution in [0.5, 0.6) is 0 Å². The first-order chi connectivity index (χ1) is 7.29. The molecule has 0 aliphatic carbocycles. The van der Waals surface area contributed by atoms with Gasteiger partial charge >= 0.3 is 0 Å². The minimum absolute atomic E-state index is 0.304. The number of allylic oxidation sites excluding steroid dienone is 2. The van der Waals surface area contributed by atoms with Crippen LogP contribution in [0.1, 0.15) is 40.5 Å². The smallest absolute Gasteiger partial charge is 0.0431 e. The zero-order chi connectivity index (χ0) is 11.7. The number of aliphatic hydroxyl groups excluding tert-OH is 1. The summed E-state index contributed by atoms with van der Waals surface area (Å²) in [5.41, 5.74) is 1.39. The predicted molar refractivity (Wildman–Crippen MR) is 66.4 cm³/mol. The van der Waals surface area contributed by atoms with Crippen molar-refractivity contribution < 1.29 is 5.11 Å². The van der Waals surface area contributed by atoms with Gasteiger partial charge in [0.2, 0.25) is 0 Å². The molecule has 0 aromatic heterocycles. The molecule has 0 saturated carbocycles. The summed E-state index contributed by atoms with van der Waals surface area (Å²) >= 11 is 0. The molecule has 0 spiro atoms. The topological polar surface area (TPSA) is 23.5 Å². The number of aliphatic hydroxyl groups is 1. The Labute approximate surface area is 94.3 Å². The molecule has 0 aromatic carbocycles. The zero-order valence-electron chi connectivity index (χ0n) is 10.5. The van der Waals surface area contributed by atoms with Crippen molar-refractivity contribution in [2.24, 2.45) is 5.92 Å². The van der Waals surface area contributed by atoms with Gasteiger partial charge < -0.3 is 10.0 Å². The second kappa shape index (κ2) is 8.54. The van der Waals surface area contributed by atoms with E-state index >= 15 is 0 Å². The fourth-order valence-corrected chi connectivity index (χ4v) is 1.71. The maximum atomic E-state index is 8.66. The first kappa shape index (κ1) is 14.2. The molecule has 1 atom stereocenters. The third-order valence-corrected chi connectivity index (χ3v) is 2.46. The van der Waals surface area contributed by atoms with Crippen molar-refractivity contribution >= 4 is 0 Å². The fourth-order valence-electron chi connectivity index (χ4n) is 1.71. The Morgan fingerprint density at radius 1 is 1.40 bits per heavy atom. The Bertz CT molecular complexity index is 209. The number of rotatable bonds is 4. The molecular weight excluding hydrogens is 186 g/mol. The Balaban J connectivity index is 0.000000921. The van der Waals surface area contributed by atoms with Gasteiger partial charge in [-0.15, -0.1) is 0 Å². The summed E-state index contributed by atoms with van der Waals surface area (Å²) in [6.07, 6.45) is 8.50. The summed E-state index contributed by atoms with van der Waals surface area (Å²) in [5.74, 6) is 0.555. The average Bonchev–Trinajstić information content (AvgIpc) is 2.63. The maximum Gasteiger partial charge on any atom is 0.0431 e. The molecule has 1 N–H and O–H groups in total. The van der Waals surface area contributed by atoms with Gasteiger partial charge in [-0.25, -0.2) is 0 Å². The molecule has 0 bridgehead atoms. The second-order valence-electron chi connectivity index (χ2n) is 3.47. The zero-order valence-corrected chi connectivity index (χ0v) is 10.5. The molecule has 0 radical (unpaired) electrons. The monoisotopic (exact) mass is 211 g/mol. The van der Waals surface area contributed by atoms with E-state index in [1.165, 1.54) is 5.70 Å². The molecule has 88 valence electrons. The number of nitrogens with zero attached hydrogens (tertiary/aromatic N) is 1. The van der Waals surface area contributed by atoms with E-state index in [0.29, 0.717) is 12.5 Å². The van der Waals surface area contributed by atoms with Crippen molar-refractivity contribution in [3.63, 3.8) is 0 Å². The third-order valence-electron chi connectivity index (χ3n) is 2.46. The SMILES string of the molecule is C/C=C1\C(C)C=CN1CCCCO.CC. The van der Waals surface area contributed by atoms with E-state index in [9.17, 15) is 0 Å². The molecule has 1 rings (SSSR count). The maximum absolute atomic E-state index is 8.66. The number of hydrogen-bond donors (Lipinski definition) is 1. The second-order valence-corrected chi connectivity index (χ2v) is 3.47. The summed E-state index contributed by atoms with van der Waals surface area (Å²) in [6, 6.07) is 0. The molecule has 1 aliphatic rings. The van der Waals surface area contributed by atoms with E-state index in [0.717, 1.165) is 19.4 Å². The Morgan fingerprint density at radius 3 is 2.60 bits per heavy atom. The largest absolute Gasteiger partial charge is 0.396 e. The predicted octanol–water partition coefficient (Wildman–Crippen LogP) is 3.15. The molecule has 15 heavy (non-hydrogen) atoms. The lowest BCUT2D eigenvalue weighted by Crippen LogP contribution is -2.16. The average molecular weight is 211 g/mol. The molecule has 1 aliphatic heterocycles. The Morgan fingerprint density at radius 2 is 2.07 bits per heavy atom. The van der Waals surface area contributed by atoms with E-state index < -0.39 is 0 Å². The van der Waals surface area contributed by atoms with E-state index in [-0.39, 0.29) is 0 Å². The van der Waals surface area contributed by atoms with E-state index in [1.807, 2.05) is 13.8 Å². The summed E-state index contributed by atoms with van der Waals surface area (Å²) in [4.78, 5) is 2.28. The van der Waals surface area contributed by atoms with Crippen LogP contribution in [0.3, 0.4) is 0 Å². The first-order valence-corrected chi connectivity index (χ1v) is 6.01. The van der Waals surface area contributed by atoms with Crippen molar-refractivity contribution in [2.75, 3.05) is 13.2 Å². The summed E-state index contributed by atoms with van der Waals surface area (Å²) in [6.45, 7) is 9.62. The minimum Gasteiger partial charge on any atom is -0.396 e. The van der Waals surface area contributed by atoms with Crippen LogP contribution in [0.2, 0.25) is 0 Å². The summed E-state index contributed by atoms with van der Waals surface area (Å²) in [7, 11) is 0. The Hall–Kier alpha value is -0.760. The normalized spacial score (nSPS) is 21.8. The molecule has 2 nitrogen and oxygen atoms in total. The molecule has 2 heteroatoms. The van der Waals surface area contributed by atoms with Crippen LogP contribution in [0.15, 0.2) is 24.0 Å². The number of unbranched alkanes of at least 4 members (excludes halogenated alkanes) is 1. The molecule has 0 fully saturated rings. The minimum atomic E-state index is 0.304. The van der Waals surface area contributed by atoms with Crippen LogP contribution in [0, 0.1) is 5.92 Å². The fraction of sp³-hybridized carbons (Fsp3) is 0.692. The van der Waals surface area contributed by atoms with Gasteiger partial charge in [0.1, 0.15) is 0 Å². The first-order valence-electron chi connectivity index (χ1n) is 6.01. The molecule has 1 unspecified atom stereocenters. The van der Waals surface area contributed by atoms with Gasteiger partial charge in [0.25, 0.3) is 0 Å². The van der Waals surface area contributed by atoms with Gasteiger partial charge in [-0.2, -0.15) is 0 Å². The van der Waals surface area contributed by atoms with Gasteiger partial charge in [0, 0.05) is 31.0 Å². The highest BCUT2D eigenvalue weighted by molar-refractivity contribution is 5.19. The van der Waals surface area contributed by atoms with Crippen LogP contribution in [-0.4, -0.2) is 23.2 Å².